The SMILES string of the molecule is COc1ccc(/C([O-])=C2\C(=O)C(=O)N(Cc3ccc[nH+]c3)C2c2cc(OC)c(OC)c(OC)c2)c(C)c1. The third kappa shape index (κ3) is 4.67. The summed E-state index contributed by atoms with van der Waals surface area (Å²) in [5.41, 5.74) is 2.02. The maximum absolute atomic E-state index is 13.9. The van der Waals surface area contributed by atoms with E-state index in [2.05, 4.69) is 4.98 Å². The largest absolute Gasteiger partial charge is 0.872 e. The molecule has 1 aliphatic heterocycles. The molecule has 0 saturated carbocycles. The Morgan fingerprint density at radius 1 is 0.973 bits per heavy atom. The predicted octanol–water partition coefficient (Wildman–Crippen LogP) is 2.27. The molecule has 0 bridgehead atoms. The smallest absolute Gasteiger partial charge is 0.295 e. The predicted molar refractivity (Wildman–Crippen MR) is 132 cm³/mol. The van der Waals surface area contributed by atoms with Gasteiger partial charge in [0.1, 0.15) is 5.75 Å². The topological polar surface area (TPSA) is 112 Å². The van der Waals surface area contributed by atoms with Gasteiger partial charge in [-0.25, -0.2) is 4.98 Å². The number of H-pyrrole nitrogens is 1. The van der Waals surface area contributed by atoms with Crippen LogP contribution in [0.2, 0.25) is 0 Å². The van der Waals surface area contributed by atoms with Crippen LogP contribution in [0.4, 0.5) is 0 Å². The van der Waals surface area contributed by atoms with E-state index in [0.717, 1.165) is 5.56 Å². The molecule has 1 fully saturated rings. The highest BCUT2D eigenvalue weighted by Crippen LogP contribution is 2.46. The van der Waals surface area contributed by atoms with Gasteiger partial charge in [-0.1, -0.05) is 11.8 Å². The molecule has 2 heterocycles. The summed E-state index contributed by atoms with van der Waals surface area (Å²) >= 11 is 0. The number of Topliss-reactive ketones (excluding diaryl/α,β-unsaturated/α-hetero) is 1. The van der Waals surface area contributed by atoms with Crippen molar-refractivity contribution in [3.05, 3.63) is 82.7 Å². The fourth-order valence-electron chi connectivity index (χ4n) is 4.53. The molecule has 2 aromatic carbocycles. The van der Waals surface area contributed by atoms with Crippen molar-refractivity contribution in [2.45, 2.75) is 19.5 Å². The van der Waals surface area contributed by atoms with Crippen molar-refractivity contribution in [2.75, 3.05) is 28.4 Å². The Bertz CT molecular complexity index is 1340. The highest BCUT2D eigenvalue weighted by Gasteiger charge is 2.45. The number of ketones is 1. The summed E-state index contributed by atoms with van der Waals surface area (Å²) in [6, 6.07) is 10.9. The molecular weight excluding hydrogens is 476 g/mol. The van der Waals surface area contributed by atoms with Gasteiger partial charge in [-0.3, -0.25) is 9.59 Å². The van der Waals surface area contributed by atoms with Crippen LogP contribution in [0.3, 0.4) is 0 Å². The van der Waals surface area contributed by atoms with E-state index >= 15 is 0 Å². The molecule has 9 heteroatoms. The van der Waals surface area contributed by atoms with Crippen molar-refractivity contribution in [3.63, 3.8) is 0 Å². The molecule has 0 radical (unpaired) electrons. The van der Waals surface area contributed by atoms with Crippen molar-refractivity contribution in [2.24, 2.45) is 0 Å². The number of rotatable bonds is 8. The lowest BCUT2D eigenvalue weighted by molar-refractivity contribution is -0.378. The maximum Gasteiger partial charge on any atom is 0.295 e. The van der Waals surface area contributed by atoms with E-state index < -0.39 is 23.5 Å². The van der Waals surface area contributed by atoms with Crippen LogP contribution in [0, 0.1) is 6.92 Å². The van der Waals surface area contributed by atoms with E-state index in [1.807, 2.05) is 6.07 Å². The summed E-state index contributed by atoms with van der Waals surface area (Å²) in [6.07, 6.45) is 3.47. The number of nitrogens with zero attached hydrogens (tertiary/aromatic N) is 1. The van der Waals surface area contributed by atoms with Crippen LogP contribution in [-0.4, -0.2) is 45.0 Å². The van der Waals surface area contributed by atoms with Gasteiger partial charge >= 0.3 is 0 Å². The van der Waals surface area contributed by atoms with Crippen molar-refractivity contribution in [1.82, 2.24) is 4.90 Å². The minimum Gasteiger partial charge on any atom is -0.872 e. The van der Waals surface area contributed by atoms with Gasteiger partial charge in [0.25, 0.3) is 5.91 Å². The Labute approximate surface area is 214 Å². The lowest BCUT2D eigenvalue weighted by atomic mass is 9.93. The summed E-state index contributed by atoms with van der Waals surface area (Å²) in [5, 5.41) is 13.9. The molecule has 1 N–H and O–H groups in total. The van der Waals surface area contributed by atoms with E-state index in [1.54, 1.807) is 55.7 Å². The van der Waals surface area contributed by atoms with E-state index in [0.29, 0.717) is 39.7 Å². The van der Waals surface area contributed by atoms with Gasteiger partial charge in [-0.2, -0.15) is 0 Å². The Hall–Kier alpha value is -4.53. The monoisotopic (exact) mass is 504 g/mol. The molecule has 1 saturated heterocycles. The first kappa shape index (κ1) is 25.6. The van der Waals surface area contributed by atoms with Crippen molar-refractivity contribution < 1.29 is 38.6 Å². The number of aromatic nitrogens is 1. The molecule has 1 aliphatic rings. The molecule has 0 aliphatic carbocycles. The number of nitrogens with one attached hydrogen (secondary N) is 1. The Morgan fingerprint density at radius 3 is 2.22 bits per heavy atom. The van der Waals surface area contributed by atoms with Crippen LogP contribution >= 0.6 is 0 Å². The number of amides is 1. The molecule has 192 valence electrons. The number of pyridine rings is 1. The van der Waals surface area contributed by atoms with Crippen LogP contribution in [0.5, 0.6) is 23.0 Å². The lowest BCUT2D eigenvalue weighted by Crippen LogP contribution is -2.29. The molecule has 1 unspecified atom stereocenters. The quantitative estimate of drug-likeness (QED) is 0.263. The second-order valence-electron chi connectivity index (χ2n) is 8.46. The number of methoxy groups -OCH3 is 4. The Balaban J connectivity index is 1.96. The highest BCUT2D eigenvalue weighted by atomic mass is 16.5. The van der Waals surface area contributed by atoms with E-state index in [1.165, 1.54) is 33.3 Å². The lowest BCUT2D eigenvalue weighted by Gasteiger charge is -2.28. The van der Waals surface area contributed by atoms with Crippen LogP contribution in [0.1, 0.15) is 28.3 Å². The minimum absolute atomic E-state index is 0.0988. The standard InChI is InChI=1S/C28H28N2O7/c1-16-11-19(34-2)8-9-20(16)25(31)23-24(18-12-21(35-3)27(37-5)22(13-18)36-4)30(28(33)26(23)32)15-17-7-6-10-29-14-17/h6-14,24,31H,15H2,1-5H3/b25-23+. The van der Waals surface area contributed by atoms with Crippen LogP contribution in [-0.2, 0) is 16.1 Å². The number of hydrogen-bond donors (Lipinski definition) is 0. The number of aryl methyl sites for hydroxylation is 1. The van der Waals surface area contributed by atoms with E-state index in [4.69, 9.17) is 18.9 Å². The first-order valence-electron chi connectivity index (χ1n) is 11.5. The average Bonchev–Trinajstić information content (AvgIpc) is 3.17. The molecule has 1 aromatic heterocycles. The molecule has 37 heavy (non-hydrogen) atoms. The summed E-state index contributed by atoms with van der Waals surface area (Å²) in [4.78, 5) is 31.1. The summed E-state index contributed by atoms with van der Waals surface area (Å²) in [5.74, 6) is -0.535. The van der Waals surface area contributed by atoms with Crippen molar-refractivity contribution in [3.8, 4) is 23.0 Å². The van der Waals surface area contributed by atoms with Crippen LogP contribution in [0.15, 0.2) is 60.4 Å². The van der Waals surface area contributed by atoms with Gasteiger partial charge in [0, 0.05) is 17.2 Å². The number of benzene rings is 2. The molecule has 4 rings (SSSR count). The molecule has 9 nitrogen and oxygen atoms in total. The van der Waals surface area contributed by atoms with Gasteiger partial charge in [0.2, 0.25) is 11.5 Å². The fraction of sp³-hybridized carbons (Fsp3) is 0.250. The zero-order valence-corrected chi connectivity index (χ0v) is 21.3. The fourth-order valence-corrected chi connectivity index (χ4v) is 4.53. The molecule has 0 spiro atoms. The zero-order chi connectivity index (χ0) is 26.7. The average molecular weight is 505 g/mol. The zero-order valence-electron chi connectivity index (χ0n) is 21.3. The third-order valence-corrected chi connectivity index (χ3v) is 6.33. The van der Waals surface area contributed by atoms with E-state index in [9.17, 15) is 14.7 Å². The van der Waals surface area contributed by atoms with Crippen LogP contribution in [0.25, 0.3) is 5.76 Å². The summed E-state index contributed by atoms with van der Waals surface area (Å²) < 4.78 is 21.7. The third-order valence-electron chi connectivity index (χ3n) is 6.33. The number of carbonyl (C=O) groups excluding carboxylic acids is 2. The molecular formula is C28H28N2O7. The number of carbonyl (C=O) groups is 2. The summed E-state index contributed by atoms with van der Waals surface area (Å²) in [6.45, 7) is 1.85. The maximum atomic E-state index is 13.9. The van der Waals surface area contributed by atoms with Gasteiger partial charge in [0.15, 0.2) is 23.9 Å². The van der Waals surface area contributed by atoms with E-state index in [-0.39, 0.29) is 12.1 Å². The van der Waals surface area contributed by atoms with Gasteiger partial charge < -0.3 is 29.0 Å². The number of aromatic amines is 1. The van der Waals surface area contributed by atoms with Crippen LogP contribution < -0.4 is 29.0 Å². The molecule has 3 aromatic rings. The van der Waals surface area contributed by atoms with Crippen molar-refractivity contribution >= 4 is 17.4 Å². The van der Waals surface area contributed by atoms with Crippen molar-refractivity contribution in [1.29, 1.82) is 0 Å². The number of likely N-dealkylation sites (tertiary alicyclic amines) is 1. The van der Waals surface area contributed by atoms with Gasteiger partial charge in [-0.05, 0) is 53.9 Å². The number of ether oxygens (including phenoxy) is 4. The summed E-state index contributed by atoms with van der Waals surface area (Å²) in [7, 11) is 5.96. The highest BCUT2D eigenvalue weighted by molar-refractivity contribution is 6.46. The Morgan fingerprint density at radius 2 is 1.68 bits per heavy atom. The second kappa shape index (κ2) is 10.6. The molecule has 1 amide bonds. The van der Waals surface area contributed by atoms with Gasteiger partial charge in [0.05, 0.1) is 41.0 Å². The minimum atomic E-state index is -0.983. The normalized spacial score (nSPS) is 16.6. The number of hydrogen-bond acceptors (Lipinski definition) is 7. The molecule has 1 atom stereocenters. The first-order chi connectivity index (χ1) is 17.8. The first-order valence-corrected chi connectivity index (χ1v) is 11.5. The second-order valence-corrected chi connectivity index (χ2v) is 8.46. The van der Waals surface area contributed by atoms with Gasteiger partial charge in [-0.15, -0.1) is 0 Å². The Kier molecular flexibility index (Phi) is 7.33.